The highest BCUT2D eigenvalue weighted by Gasteiger charge is 2.19. The van der Waals surface area contributed by atoms with Crippen LogP contribution in [0.1, 0.15) is 70.2 Å². The third kappa shape index (κ3) is 4.64. The van der Waals surface area contributed by atoms with E-state index in [0.717, 1.165) is 12.3 Å². The molecule has 3 nitrogen and oxygen atoms in total. The summed E-state index contributed by atoms with van der Waals surface area (Å²) >= 11 is 0. The Morgan fingerprint density at radius 2 is 2.05 bits per heavy atom. The van der Waals surface area contributed by atoms with Crippen LogP contribution in [0.3, 0.4) is 0 Å². The zero-order valence-electron chi connectivity index (χ0n) is 13.4. The largest absolute Gasteiger partial charge is 0.313 e. The number of nitrogens with one attached hydrogen (secondary N) is 1. The lowest BCUT2D eigenvalue weighted by Gasteiger charge is -2.22. The van der Waals surface area contributed by atoms with Crippen molar-refractivity contribution in [1.82, 2.24) is 15.1 Å². The second-order valence-corrected chi connectivity index (χ2v) is 5.55. The van der Waals surface area contributed by atoms with E-state index in [1.807, 2.05) is 11.7 Å². The quantitative estimate of drug-likeness (QED) is 0.735. The van der Waals surface area contributed by atoms with Crippen LogP contribution in [0.5, 0.6) is 0 Å². The van der Waals surface area contributed by atoms with Crippen LogP contribution in [0.2, 0.25) is 0 Å². The molecular formula is C16H31N3. The molecule has 1 heterocycles. The Morgan fingerprint density at radius 3 is 2.58 bits per heavy atom. The van der Waals surface area contributed by atoms with Crippen molar-refractivity contribution in [2.75, 3.05) is 7.05 Å². The van der Waals surface area contributed by atoms with Gasteiger partial charge in [0.2, 0.25) is 0 Å². The van der Waals surface area contributed by atoms with Crippen molar-refractivity contribution in [2.45, 2.75) is 65.3 Å². The van der Waals surface area contributed by atoms with E-state index in [-0.39, 0.29) is 0 Å². The van der Waals surface area contributed by atoms with Gasteiger partial charge in [0.05, 0.1) is 5.69 Å². The zero-order chi connectivity index (χ0) is 14.3. The minimum Gasteiger partial charge on any atom is -0.313 e. The molecule has 0 aliphatic heterocycles. The summed E-state index contributed by atoms with van der Waals surface area (Å²) in [7, 11) is 4.09. The Bertz CT molecular complexity index is 357. The van der Waals surface area contributed by atoms with Crippen LogP contribution in [-0.4, -0.2) is 16.8 Å². The molecule has 19 heavy (non-hydrogen) atoms. The number of aromatic nitrogens is 2. The van der Waals surface area contributed by atoms with Crippen LogP contribution >= 0.6 is 0 Å². The van der Waals surface area contributed by atoms with Gasteiger partial charge in [-0.15, -0.1) is 0 Å². The summed E-state index contributed by atoms with van der Waals surface area (Å²) in [5, 5.41) is 8.06. The lowest BCUT2D eigenvalue weighted by molar-refractivity contribution is 0.364. The molecule has 0 saturated heterocycles. The van der Waals surface area contributed by atoms with Gasteiger partial charge in [-0.2, -0.15) is 5.10 Å². The lowest BCUT2D eigenvalue weighted by atomic mass is 9.89. The Balaban J connectivity index is 2.75. The van der Waals surface area contributed by atoms with Gasteiger partial charge in [-0.3, -0.25) is 4.68 Å². The second-order valence-electron chi connectivity index (χ2n) is 5.55. The first-order chi connectivity index (χ1) is 9.15. The maximum absolute atomic E-state index is 4.57. The van der Waals surface area contributed by atoms with Crippen molar-refractivity contribution in [2.24, 2.45) is 13.0 Å². The van der Waals surface area contributed by atoms with E-state index in [2.05, 4.69) is 44.4 Å². The van der Waals surface area contributed by atoms with E-state index in [1.54, 1.807) is 0 Å². The lowest BCUT2D eigenvalue weighted by Crippen LogP contribution is -2.20. The smallest absolute Gasteiger partial charge is 0.0669 e. The van der Waals surface area contributed by atoms with Gasteiger partial charge < -0.3 is 5.32 Å². The first kappa shape index (κ1) is 16.2. The highest BCUT2D eigenvalue weighted by atomic mass is 15.3. The van der Waals surface area contributed by atoms with Crippen molar-refractivity contribution in [3.63, 3.8) is 0 Å². The van der Waals surface area contributed by atoms with E-state index in [9.17, 15) is 0 Å². The molecule has 110 valence electrons. The highest BCUT2D eigenvalue weighted by Crippen LogP contribution is 2.28. The van der Waals surface area contributed by atoms with Crippen LogP contribution in [0.15, 0.2) is 6.20 Å². The fraction of sp³-hybridized carbons (Fsp3) is 0.812. The molecule has 1 rings (SSSR count). The van der Waals surface area contributed by atoms with Crippen LogP contribution in [0.25, 0.3) is 0 Å². The predicted molar refractivity (Wildman–Crippen MR) is 82.3 cm³/mol. The number of unbranched alkanes of at least 4 members (excludes halogenated alkanes) is 1. The molecule has 0 fully saturated rings. The van der Waals surface area contributed by atoms with Crippen LogP contribution < -0.4 is 5.32 Å². The van der Waals surface area contributed by atoms with Crippen LogP contribution in [0, 0.1) is 5.92 Å². The van der Waals surface area contributed by atoms with Gasteiger partial charge in [-0.25, -0.2) is 0 Å². The van der Waals surface area contributed by atoms with Crippen molar-refractivity contribution in [3.8, 4) is 0 Å². The number of nitrogens with zero attached hydrogens (tertiary/aromatic N) is 2. The van der Waals surface area contributed by atoms with Crippen molar-refractivity contribution >= 4 is 0 Å². The van der Waals surface area contributed by atoms with Gasteiger partial charge >= 0.3 is 0 Å². The third-order valence-corrected chi connectivity index (χ3v) is 4.11. The van der Waals surface area contributed by atoms with Crippen molar-refractivity contribution in [3.05, 3.63) is 17.5 Å². The highest BCUT2D eigenvalue weighted by molar-refractivity contribution is 5.21. The summed E-state index contributed by atoms with van der Waals surface area (Å²) in [6.07, 6.45) is 9.71. The molecule has 0 bridgehead atoms. The Labute approximate surface area is 118 Å². The molecule has 3 heteroatoms. The number of rotatable bonds is 9. The van der Waals surface area contributed by atoms with Gasteiger partial charge in [-0.05, 0) is 25.8 Å². The van der Waals surface area contributed by atoms with Crippen LogP contribution in [-0.2, 0) is 13.5 Å². The van der Waals surface area contributed by atoms with E-state index >= 15 is 0 Å². The van der Waals surface area contributed by atoms with E-state index in [0.29, 0.717) is 6.04 Å². The van der Waals surface area contributed by atoms with Gasteiger partial charge in [0.25, 0.3) is 0 Å². The van der Waals surface area contributed by atoms with Gasteiger partial charge in [0, 0.05) is 24.8 Å². The number of hydrogen-bond acceptors (Lipinski definition) is 2. The maximum atomic E-state index is 4.57. The van der Waals surface area contributed by atoms with Crippen molar-refractivity contribution < 1.29 is 0 Å². The molecule has 2 atom stereocenters. The Kier molecular flexibility index (Phi) is 7.14. The van der Waals surface area contributed by atoms with Crippen LogP contribution in [0.4, 0.5) is 0 Å². The summed E-state index contributed by atoms with van der Waals surface area (Å²) < 4.78 is 1.95. The molecule has 0 saturated carbocycles. The Morgan fingerprint density at radius 1 is 1.32 bits per heavy atom. The van der Waals surface area contributed by atoms with E-state index < -0.39 is 0 Å². The topological polar surface area (TPSA) is 29.9 Å². The maximum Gasteiger partial charge on any atom is 0.0669 e. The van der Waals surface area contributed by atoms with Gasteiger partial charge in [0.1, 0.15) is 0 Å². The number of hydrogen-bond donors (Lipinski definition) is 1. The minimum atomic E-state index is 0.449. The molecular weight excluding hydrogens is 234 g/mol. The minimum absolute atomic E-state index is 0.449. The monoisotopic (exact) mass is 265 g/mol. The van der Waals surface area contributed by atoms with Crippen molar-refractivity contribution in [1.29, 1.82) is 0 Å². The molecule has 1 aromatic rings. The molecule has 1 aromatic heterocycles. The molecule has 0 spiro atoms. The third-order valence-electron chi connectivity index (χ3n) is 4.11. The van der Waals surface area contributed by atoms with Gasteiger partial charge in [0.15, 0.2) is 0 Å². The molecule has 2 unspecified atom stereocenters. The standard InChI is InChI=1S/C16H31N3/c1-6-9-10-13(7-2)11-16(17-4)14-12-19(5)18-15(14)8-3/h12-13,16-17H,6-11H2,1-5H3. The molecule has 1 N–H and O–H groups in total. The average molecular weight is 265 g/mol. The summed E-state index contributed by atoms with van der Waals surface area (Å²) in [6, 6.07) is 0.449. The van der Waals surface area contributed by atoms with E-state index in [1.165, 1.54) is 43.4 Å². The molecule has 0 aliphatic rings. The SMILES string of the molecule is CCCCC(CC)CC(NC)c1cn(C)nc1CC. The summed E-state index contributed by atoms with van der Waals surface area (Å²) in [5.74, 6) is 0.822. The first-order valence-corrected chi connectivity index (χ1v) is 7.85. The second kappa shape index (κ2) is 8.36. The molecule has 0 amide bonds. The predicted octanol–water partition coefficient (Wildman–Crippen LogP) is 3.85. The van der Waals surface area contributed by atoms with Gasteiger partial charge in [-0.1, -0.05) is 46.5 Å². The summed E-state index contributed by atoms with van der Waals surface area (Å²) in [4.78, 5) is 0. The fourth-order valence-corrected chi connectivity index (χ4v) is 2.83. The fourth-order valence-electron chi connectivity index (χ4n) is 2.83. The first-order valence-electron chi connectivity index (χ1n) is 7.85. The Hall–Kier alpha value is -0.830. The number of aryl methyl sites for hydroxylation is 2. The summed E-state index contributed by atoms with van der Waals surface area (Å²) in [6.45, 7) is 6.78. The normalized spacial score (nSPS) is 14.6. The molecule has 0 aromatic carbocycles. The van der Waals surface area contributed by atoms with E-state index in [4.69, 9.17) is 0 Å². The molecule has 0 aliphatic carbocycles. The summed E-state index contributed by atoms with van der Waals surface area (Å²) in [5.41, 5.74) is 2.63. The molecule has 0 radical (unpaired) electrons. The zero-order valence-corrected chi connectivity index (χ0v) is 13.4. The average Bonchev–Trinajstić information content (AvgIpc) is 2.80.